The van der Waals surface area contributed by atoms with Crippen LogP contribution in [0.3, 0.4) is 0 Å². The van der Waals surface area contributed by atoms with Crippen molar-refractivity contribution in [2.75, 3.05) is 6.61 Å². The van der Waals surface area contributed by atoms with Crippen molar-refractivity contribution in [3.63, 3.8) is 0 Å². The molecule has 0 aromatic rings. The topological polar surface area (TPSA) is 29.5 Å². The van der Waals surface area contributed by atoms with Crippen LogP contribution >= 0.6 is 0 Å². The van der Waals surface area contributed by atoms with Gasteiger partial charge in [0.2, 0.25) is 0 Å². The van der Waals surface area contributed by atoms with Crippen molar-refractivity contribution < 1.29 is 9.53 Å². The van der Waals surface area contributed by atoms with Gasteiger partial charge in [0.25, 0.3) is 0 Å². The highest BCUT2D eigenvalue weighted by Crippen LogP contribution is 2.36. The number of aliphatic hydroxyl groups is 1. The second-order valence-corrected chi connectivity index (χ2v) is 13.6. The average Bonchev–Trinajstić information content (AvgIpc) is 2.52. The summed E-state index contributed by atoms with van der Waals surface area (Å²) in [5, 5.41) is 10.2. The fourth-order valence-electron chi connectivity index (χ4n) is 2.42. The number of rotatable bonds is 13. The highest BCUT2D eigenvalue weighted by molar-refractivity contribution is 6.74. The van der Waals surface area contributed by atoms with Gasteiger partial charge in [0.1, 0.15) is 6.10 Å². The summed E-state index contributed by atoms with van der Waals surface area (Å²) in [6, 6.07) is 0. The third-order valence-corrected chi connectivity index (χ3v) is 9.85. The predicted octanol–water partition coefficient (Wildman–Crippen LogP) is 6.68. The molecule has 0 saturated carbocycles. The van der Waals surface area contributed by atoms with E-state index in [0.717, 1.165) is 38.7 Å². The minimum Gasteiger partial charge on any atom is -0.417 e. The first-order valence-electron chi connectivity index (χ1n) is 10.5. The molecule has 1 N–H and O–H groups in total. The van der Waals surface area contributed by atoms with Crippen LogP contribution in [-0.2, 0) is 4.43 Å². The molecular formula is C22H44O2Si. The summed E-state index contributed by atoms with van der Waals surface area (Å²) in [6.07, 6.45) is 12.4. The van der Waals surface area contributed by atoms with E-state index < -0.39 is 14.4 Å². The lowest BCUT2D eigenvalue weighted by atomic mass is 10.1. The smallest absolute Gasteiger partial charge is 0.191 e. The van der Waals surface area contributed by atoms with Crippen LogP contribution in [0.25, 0.3) is 0 Å². The Balaban J connectivity index is 3.60. The van der Waals surface area contributed by atoms with Crippen molar-refractivity contribution in [3.8, 4) is 11.8 Å². The Kier molecular flexibility index (Phi) is 13.7. The highest BCUT2D eigenvalue weighted by Gasteiger charge is 2.36. The standard InChI is InChI=1S/C22H44O2Si/c1-7-8-9-10-11-12-15-18-21(23)19-16-13-14-17-20-24-25(5,6)22(2,3)4/h21,23H,7-15,17-18,20H2,1-6H3/t21-/m1/s1. The second-order valence-electron chi connectivity index (χ2n) is 8.81. The predicted molar refractivity (Wildman–Crippen MR) is 113 cm³/mol. The summed E-state index contributed by atoms with van der Waals surface area (Å²) in [6.45, 7) is 14.5. The minimum atomic E-state index is -1.60. The van der Waals surface area contributed by atoms with Crippen LogP contribution in [0.15, 0.2) is 0 Å². The van der Waals surface area contributed by atoms with Crippen molar-refractivity contribution in [1.82, 2.24) is 0 Å². The molecule has 0 heterocycles. The van der Waals surface area contributed by atoms with Gasteiger partial charge in [-0.05, 0) is 43.8 Å². The molecule has 0 aliphatic heterocycles. The maximum absolute atomic E-state index is 9.90. The maximum atomic E-state index is 9.90. The SMILES string of the molecule is CCCCCCCCC[C@@H](O)C#CCCCCO[Si](C)(C)C(C)(C)C. The highest BCUT2D eigenvalue weighted by atomic mass is 28.4. The van der Waals surface area contributed by atoms with Crippen LogP contribution in [0.5, 0.6) is 0 Å². The van der Waals surface area contributed by atoms with Crippen LogP contribution in [-0.4, -0.2) is 26.1 Å². The van der Waals surface area contributed by atoms with E-state index in [0.29, 0.717) is 0 Å². The molecule has 0 aliphatic carbocycles. The van der Waals surface area contributed by atoms with E-state index >= 15 is 0 Å². The van der Waals surface area contributed by atoms with Gasteiger partial charge >= 0.3 is 0 Å². The molecule has 0 spiro atoms. The van der Waals surface area contributed by atoms with Crippen molar-refractivity contribution in [3.05, 3.63) is 0 Å². The zero-order chi connectivity index (χ0) is 19.2. The molecule has 25 heavy (non-hydrogen) atoms. The number of hydrogen-bond acceptors (Lipinski definition) is 2. The fourth-order valence-corrected chi connectivity index (χ4v) is 3.50. The fraction of sp³-hybridized carbons (Fsp3) is 0.909. The maximum Gasteiger partial charge on any atom is 0.191 e. The van der Waals surface area contributed by atoms with Gasteiger partial charge in [-0.3, -0.25) is 0 Å². The Labute approximate surface area is 159 Å². The number of hydrogen-bond donors (Lipinski definition) is 1. The molecule has 0 aliphatic rings. The molecule has 2 nitrogen and oxygen atoms in total. The molecule has 3 heteroatoms. The molecule has 0 rings (SSSR count). The Morgan fingerprint density at radius 1 is 0.920 bits per heavy atom. The summed E-state index contributed by atoms with van der Waals surface area (Å²) in [7, 11) is -1.60. The molecule has 0 fully saturated rings. The number of aliphatic hydroxyl groups excluding tert-OH is 1. The first kappa shape index (κ1) is 24.7. The van der Waals surface area contributed by atoms with E-state index in [4.69, 9.17) is 4.43 Å². The second kappa shape index (κ2) is 13.8. The van der Waals surface area contributed by atoms with E-state index in [-0.39, 0.29) is 5.04 Å². The van der Waals surface area contributed by atoms with Crippen LogP contribution in [0.1, 0.15) is 98.3 Å². The van der Waals surface area contributed by atoms with E-state index in [1.807, 2.05) is 0 Å². The van der Waals surface area contributed by atoms with Crippen LogP contribution in [0.2, 0.25) is 18.1 Å². The molecule has 148 valence electrons. The lowest BCUT2D eigenvalue weighted by Crippen LogP contribution is -2.40. The Morgan fingerprint density at radius 3 is 2.12 bits per heavy atom. The molecule has 0 aromatic carbocycles. The van der Waals surface area contributed by atoms with Crippen LogP contribution < -0.4 is 0 Å². The molecule has 0 aromatic heterocycles. The van der Waals surface area contributed by atoms with Gasteiger partial charge in [0, 0.05) is 13.0 Å². The number of unbranched alkanes of at least 4 members (excludes halogenated alkanes) is 8. The molecular weight excluding hydrogens is 324 g/mol. The van der Waals surface area contributed by atoms with Crippen molar-refractivity contribution in [1.29, 1.82) is 0 Å². The Morgan fingerprint density at radius 2 is 1.52 bits per heavy atom. The molecule has 0 bridgehead atoms. The third-order valence-electron chi connectivity index (χ3n) is 5.31. The van der Waals surface area contributed by atoms with E-state index in [1.165, 1.54) is 38.5 Å². The lowest BCUT2D eigenvalue weighted by Gasteiger charge is -2.36. The zero-order valence-corrected chi connectivity index (χ0v) is 18.9. The average molecular weight is 369 g/mol. The molecule has 0 saturated heterocycles. The van der Waals surface area contributed by atoms with Gasteiger partial charge < -0.3 is 9.53 Å². The monoisotopic (exact) mass is 368 g/mol. The van der Waals surface area contributed by atoms with Crippen molar-refractivity contribution >= 4 is 8.32 Å². The first-order valence-corrected chi connectivity index (χ1v) is 13.4. The van der Waals surface area contributed by atoms with Gasteiger partial charge in [-0.25, -0.2) is 0 Å². The summed E-state index contributed by atoms with van der Waals surface area (Å²) in [5.74, 6) is 6.14. The van der Waals surface area contributed by atoms with Gasteiger partial charge in [0.05, 0.1) is 0 Å². The van der Waals surface area contributed by atoms with Crippen LogP contribution in [0, 0.1) is 11.8 Å². The molecule has 0 amide bonds. The largest absolute Gasteiger partial charge is 0.417 e. The van der Waals surface area contributed by atoms with E-state index in [2.05, 4.69) is 52.6 Å². The van der Waals surface area contributed by atoms with Crippen molar-refractivity contribution in [2.24, 2.45) is 0 Å². The van der Waals surface area contributed by atoms with E-state index in [9.17, 15) is 5.11 Å². The van der Waals surface area contributed by atoms with Gasteiger partial charge in [-0.2, -0.15) is 0 Å². The van der Waals surface area contributed by atoms with Gasteiger partial charge in [-0.1, -0.05) is 72.1 Å². The van der Waals surface area contributed by atoms with Crippen molar-refractivity contribution in [2.45, 2.75) is 123 Å². The minimum absolute atomic E-state index is 0.285. The summed E-state index contributed by atoms with van der Waals surface area (Å²) in [4.78, 5) is 0. The van der Waals surface area contributed by atoms with Gasteiger partial charge in [-0.15, -0.1) is 5.92 Å². The Bertz CT molecular complexity index is 374. The lowest BCUT2D eigenvalue weighted by molar-refractivity contribution is 0.217. The summed E-state index contributed by atoms with van der Waals surface area (Å²) in [5.41, 5.74) is 0. The zero-order valence-electron chi connectivity index (χ0n) is 17.9. The normalized spacial score (nSPS) is 13.4. The van der Waals surface area contributed by atoms with Crippen LogP contribution in [0.4, 0.5) is 0 Å². The molecule has 0 unspecified atom stereocenters. The summed E-state index contributed by atoms with van der Waals surface area (Å²) < 4.78 is 6.16. The van der Waals surface area contributed by atoms with Gasteiger partial charge in [0.15, 0.2) is 8.32 Å². The Hall–Kier alpha value is -0.303. The third kappa shape index (κ3) is 13.5. The van der Waals surface area contributed by atoms with E-state index in [1.54, 1.807) is 0 Å². The first-order chi connectivity index (χ1) is 11.7. The molecule has 1 atom stereocenters. The quantitative estimate of drug-likeness (QED) is 0.223. The summed E-state index contributed by atoms with van der Waals surface area (Å²) >= 11 is 0. The molecule has 0 radical (unpaired) electrons.